The van der Waals surface area contributed by atoms with Gasteiger partial charge in [0.1, 0.15) is 0 Å². The zero-order valence-corrected chi connectivity index (χ0v) is 12.5. The maximum absolute atomic E-state index is 4.97. The minimum atomic E-state index is -1.52. The number of rotatable bonds is 3. The Labute approximate surface area is 106 Å². The largest absolute Gasteiger partial charge is 0.325 e. The first kappa shape index (κ1) is 12.8. The minimum Gasteiger partial charge on any atom is -0.325 e. The van der Waals surface area contributed by atoms with Crippen LogP contribution in [0.2, 0.25) is 13.1 Å². The number of hydrogen-bond acceptors (Lipinski definition) is 2. The van der Waals surface area contributed by atoms with Gasteiger partial charge in [-0.2, -0.15) is 0 Å². The van der Waals surface area contributed by atoms with Crippen molar-refractivity contribution in [1.29, 1.82) is 0 Å². The Bertz CT molecular complexity index is 382. The Balaban J connectivity index is 2.27. The summed E-state index contributed by atoms with van der Waals surface area (Å²) in [6.45, 7) is 4.74. The van der Waals surface area contributed by atoms with Crippen LogP contribution in [0, 0.1) is 0 Å². The fraction of sp³-hybridized carbons (Fsp3) is 0.643. The molecule has 0 atom stereocenters. The lowest BCUT2D eigenvalue weighted by atomic mass is 10.0. The molecule has 17 heavy (non-hydrogen) atoms. The summed E-state index contributed by atoms with van der Waals surface area (Å²) in [6, 6.07) is 6.64. The maximum atomic E-state index is 4.97. The van der Waals surface area contributed by atoms with Crippen molar-refractivity contribution in [3.8, 4) is 0 Å². The van der Waals surface area contributed by atoms with E-state index >= 15 is 0 Å². The highest BCUT2D eigenvalue weighted by Crippen LogP contribution is 2.32. The van der Waals surface area contributed by atoms with Crippen LogP contribution < -0.4 is 5.32 Å². The van der Waals surface area contributed by atoms with E-state index in [1.165, 1.54) is 36.7 Å². The van der Waals surface area contributed by atoms with Crippen LogP contribution in [-0.4, -0.2) is 31.9 Å². The van der Waals surface area contributed by atoms with Crippen molar-refractivity contribution in [2.24, 2.45) is 0 Å². The Morgan fingerprint density at radius 2 is 1.82 bits per heavy atom. The number of nitrogens with zero attached hydrogens (tertiary/aromatic N) is 2. The molecule has 1 heterocycles. The van der Waals surface area contributed by atoms with Crippen LogP contribution >= 0.6 is 0 Å². The third-order valence-electron chi connectivity index (χ3n) is 4.29. The SMILES string of the molecule is CN(C)[Si](C)(C)c1cccc(C2CCCC2)n1. The van der Waals surface area contributed by atoms with Crippen LogP contribution in [0.4, 0.5) is 0 Å². The standard InChI is InChI=1S/C14H24N2Si/c1-16(2)17(3,4)14-11-7-10-13(15-14)12-8-5-6-9-12/h7,10-12H,5-6,8-9H2,1-4H3. The summed E-state index contributed by atoms with van der Waals surface area (Å²) in [6.07, 6.45) is 5.43. The number of hydrogen-bond donors (Lipinski definition) is 0. The lowest BCUT2D eigenvalue weighted by Crippen LogP contribution is -2.55. The molecule has 1 aromatic heterocycles. The van der Waals surface area contributed by atoms with Crippen molar-refractivity contribution in [3.05, 3.63) is 23.9 Å². The van der Waals surface area contributed by atoms with Gasteiger partial charge in [-0.25, -0.2) is 0 Å². The topological polar surface area (TPSA) is 16.1 Å². The van der Waals surface area contributed by atoms with Crippen molar-refractivity contribution in [2.75, 3.05) is 14.1 Å². The molecule has 1 aliphatic rings. The molecule has 1 saturated carbocycles. The van der Waals surface area contributed by atoms with Crippen molar-refractivity contribution < 1.29 is 0 Å². The predicted octanol–water partition coefficient (Wildman–Crippen LogP) is 2.71. The van der Waals surface area contributed by atoms with Crippen molar-refractivity contribution >= 4 is 13.6 Å². The minimum absolute atomic E-state index is 0.724. The molecule has 94 valence electrons. The highest BCUT2D eigenvalue weighted by molar-refractivity contribution is 6.86. The molecule has 1 fully saturated rings. The molecular formula is C14H24N2Si. The van der Waals surface area contributed by atoms with Gasteiger partial charge < -0.3 is 4.57 Å². The first-order valence-corrected chi connectivity index (χ1v) is 9.61. The Morgan fingerprint density at radius 1 is 1.18 bits per heavy atom. The Morgan fingerprint density at radius 3 is 2.41 bits per heavy atom. The average molecular weight is 248 g/mol. The first-order chi connectivity index (χ1) is 8.01. The Hall–Kier alpha value is -0.673. The zero-order chi connectivity index (χ0) is 12.5. The van der Waals surface area contributed by atoms with E-state index in [1.54, 1.807) is 0 Å². The highest BCUT2D eigenvalue weighted by atomic mass is 28.3. The van der Waals surface area contributed by atoms with Crippen molar-refractivity contribution in [1.82, 2.24) is 9.55 Å². The van der Waals surface area contributed by atoms with E-state index in [2.05, 4.69) is 50.0 Å². The normalized spacial score (nSPS) is 17.9. The summed E-state index contributed by atoms with van der Waals surface area (Å²) in [5, 5.41) is 1.33. The molecule has 0 spiro atoms. The van der Waals surface area contributed by atoms with Crippen LogP contribution in [0.25, 0.3) is 0 Å². The van der Waals surface area contributed by atoms with Gasteiger partial charge in [-0.1, -0.05) is 32.0 Å². The van der Waals surface area contributed by atoms with Gasteiger partial charge in [0.05, 0.1) is 0 Å². The molecule has 0 unspecified atom stereocenters. The highest BCUT2D eigenvalue weighted by Gasteiger charge is 2.29. The van der Waals surface area contributed by atoms with Crippen LogP contribution in [0.3, 0.4) is 0 Å². The summed E-state index contributed by atoms with van der Waals surface area (Å²) in [4.78, 5) is 4.97. The molecule has 0 radical (unpaired) electrons. The van der Waals surface area contributed by atoms with E-state index in [-0.39, 0.29) is 0 Å². The average Bonchev–Trinajstić information content (AvgIpc) is 2.82. The number of aromatic nitrogens is 1. The van der Waals surface area contributed by atoms with Gasteiger partial charge in [-0.05, 0) is 39.1 Å². The molecule has 2 rings (SSSR count). The second kappa shape index (κ2) is 4.90. The van der Waals surface area contributed by atoms with E-state index in [0.717, 1.165) is 5.92 Å². The summed E-state index contributed by atoms with van der Waals surface area (Å²) in [5.41, 5.74) is 1.34. The van der Waals surface area contributed by atoms with E-state index in [0.29, 0.717) is 0 Å². The van der Waals surface area contributed by atoms with E-state index in [9.17, 15) is 0 Å². The van der Waals surface area contributed by atoms with E-state index < -0.39 is 8.24 Å². The van der Waals surface area contributed by atoms with Crippen LogP contribution in [0.1, 0.15) is 37.3 Å². The number of pyridine rings is 1. The maximum Gasteiger partial charge on any atom is 0.175 e. The molecule has 0 N–H and O–H groups in total. The molecule has 1 aliphatic carbocycles. The lowest BCUT2D eigenvalue weighted by molar-refractivity contribution is 0.630. The van der Waals surface area contributed by atoms with Crippen molar-refractivity contribution in [2.45, 2.75) is 44.7 Å². The molecule has 2 nitrogen and oxygen atoms in total. The van der Waals surface area contributed by atoms with Gasteiger partial charge in [0, 0.05) is 16.9 Å². The first-order valence-electron chi connectivity index (χ1n) is 6.66. The van der Waals surface area contributed by atoms with E-state index in [4.69, 9.17) is 4.98 Å². The van der Waals surface area contributed by atoms with Crippen LogP contribution in [0.15, 0.2) is 18.2 Å². The van der Waals surface area contributed by atoms with Gasteiger partial charge in [0.15, 0.2) is 8.24 Å². The molecule has 0 amide bonds. The summed E-state index contributed by atoms with van der Waals surface area (Å²) in [7, 11) is 2.84. The van der Waals surface area contributed by atoms with Gasteiger partial charge in [0.2, 0.25) is 0 Å². The molecule has 0 saturated heterocycles. The fourth-order valence-corrected chi connectivity index (χ4v) is 3.84. The van der Waals surface area contributed by atoms with Gasteiger partial charge in [-0.15, -0.1) is 0 Å². The van der Waals surface area contributed by atoms with Crippen LogP contribution in [-0.2, 0) is 0 Å². The molecule has 3 heteroatoms. The van der Waals surface area contributed by atoms with Crippen molar-refractivity contribution in [3.63, 3.8) is 0 Å². The molecule has 0 aromatic carbocycles. The van der Waals surface area contributed by atoms with E-state index in [1.807, 2.05) is 0 Å². The van der Waals surface area contributed by atoms with Gasteiger partial charge in [0.25, 0.3) is 0 Å². The van der Waals surface area contributed by atoms with Gasteiger partial charge in [-0.3, -0.25) is 4.98 Å². The van der Waals surface area contributed by atoms with Crippen LogP contribution in [0.5, 0.6) is 0 Å². The third kappa shape index (κ3) is 2.60. The smallest absolute Gasteiger partial charge is 0.175 e. The second-order valence-corrected chi connectivity index (χ2v) is 10.4. The molecule has 0 aliphatic heterocycles. The predicted molar refractivity (Wildman–Crippen MR) is 76.2 cm³/mol. The fourth-order valence-electron chi connectivity index (χ4n) is 2.47. The Kier molecular flexibility index (Phi) is 3.69. The quantitative estimate of drug-likeness (QED) is 0.765. The molecule has 0 bridgehead atoms. The zero-order valence-electron chi connectivity index (χ0n) is 11.5. The summed E-state index contributed by atoms with van der Waals surface area (Å²) >= 11 is 0. The summed E-state index contributed by atoms with van der Waals surface area (Å²) in [5.74, 6) is 0.724. The molecule has 1 aromatic rings. The van der Waals surface area contributed by atoms with Gasteiger partial charge >= 0.3 is 0 Å². The molecular weight excluding hydrogens is 224 g/mol. The lowest BCUT2D eigenvalue weighted by Gasteiger charge is -2.30. The third-order valence-corrected chi connectivity index (χ3v) is 8.06. The summed E-state index contributed by atoms with van der Waals surface area (Å²) < 4.78 is 2.37. The second-order valence-electron chi connectivity index (χ2n) is 5.88. The monoisotopic (exact) mass is 248 g/mol.